The van der Waals surface area contributed by atoms with Gasteiger partial charge in [-0.25, -0.2) is 13.4 Å². The minimum absolute atomic E-state index is 0.155. The molecule has 1 rings (SSSR count). The largest absolute Gasteiger partial charge is 0.480 e. The van der Waals surface area contributed by atoms with E-state index in [-0.39, 0.29) is 10.9 Å². The molecule has 0 spiro atoms. The number of rotatable bonds is 8. The monoisotopic (exact) mass is 317 g/mol. The summed E-state index contributed by atoms with van der Waals surface area (Å²) in [6, 6.07) is -1.16. The number of hydrogen-bond donors (Lipinski definition) is 2. The van der Waals surface area contributed by atoms with Crippen LogP contribution in [0.5, 0.6) is 0 Å². The van der Waals surface area contributed by atoms with E-state index in [0.29, 0.717) is 18.9 Å². The summed E-state index contributed by atoms with van der Waals surface area (Å²) in [7, 11) is -3.94. The number of carboxylic acid groups (broad SMARTS) is 1. The molecule has 2 atom stereocenters. The minimum atomic E-state index is -3.94. The van der Waals surface area contributed by atoms with Gasteiger partial charge in [-0.1, -0.05) is 34.1 Å². The summed E-state index contributed by atoms with van der Waals surface area (Å²) in [5.74, 6) is -1.14. The normalized spacial score (nSPS) is 15.1. The predicted octanol–water partition coefficient (Wildman–Crippen LogP) is 1.32. The van der Waals surface area contributed by atoms with Gasteiger partial charge in [0, 0.05) is 12.7 Å². The third-order valence-electron chi connectivity index (χ3n) is 3.22. The number of aromatic nitrogens is 2. The van der Waals surface area contributed by atoms with Gasteiger partial charge < -0.3 is 9.67 Å². The quantitative estimate of drug-likeness (QED) is 0.753. The lowest BCUT2D eigenvalue weighted by Crippen LogP contribution is -2.45. The molecule has 0 aliphatic rings. The number of imidazole rings is 1. The Morgan fingerprint density at radius 1 is 1.43 bits per heavy atom. The zero-order chi connectivity index (χ0) is 16.2. The first-order valence-electron chi connectivity index (χ1n) is 6.94. The van der Waals surface area contributed by atoms with Crippen molar-refractivity contribution in [3.63, 3.8) is 0 Å². The van der Waals surface area contributed by atoms with E-state index in [1.165, 1.54) is 12.5 Å². The molecule has 0 radical (unpaired) electrons. The van der Waals surface area contributed by atoms with Crippen molar-refractivity contribution in [2.75, 3.05) is 0 Å². The van der Waals surface area contributed by atoms with Gasteiger partial charge in [-0.2, -0.15) is 4.72 Å². The molecule has 2 N–H and O–H groups in total. The zero-order valence-electron chi connectivity index (χ0n) is 12.8. The molecule has 0 aliphatic heterocycles. The van der Waals surface area contributed by atoms with Crippen LogP contribution in [-0.2, 0) is 21.4 Å². The number of aliphatic carboxylic acids is 1. The fourth-order valence-corrected chi connectivity index (χ4v) is 3.12. The molecule has 0 amide bonds. The Hall–Kier alpha value is -1.41. The number of carbonyl (C=O) groups is 1. The van der Waals surface area contributed by atoms with Gasteiger partial charge in [0.1, 0.15) is 6.04 Å². The fraction of sp³-hybridized carbons (Fsp3) is 0.692. The Balaban J connectivity index is 2.94. The Morgan fingerprint density at radius 3 is 2.52 bits per heavy atom. The van der Waals surface area contributed by atoms with E-state index in [1.807, 2.05) is 20.8 Å². The molecule has 8 heteroatoms. The van der Waals surface area contributed by atoms with Crippen LogP contribution in [0.4, 0.5) is 0 Å². The number of nitrogens with zero attached hydrogens (tertiary/aromatic N) is 2. The third kappa shape index (κ3) is 4.82. The predicted molar refractivity (Wildman–Crippen MR) is 78.3 cm³/mol. The van der Waals surface area contributed by atoms with E-state index in [9.17, 15) is 13.2 Å². The Labute approximate surface area is 125 Å². The smallest absolute Gasteiger partial charge is 0.322 e. The Bertz CT molecular complexity index is 580. The highest BCUT2D eigenvalue weighted by molar-refractivity contribution is 7.89. The van der Waals surface area contributed by atoms with E-state index in [1.54, 1.807) is 11.5 Å². The molecule has 1 aromatic heterocycles. The molecular formula is C13H23N3O4S. The SMILES string of the molecule is CC[C@H](C)[C@H](NS(=O)(=O)c1cn(CC(C)C)cn1)C(=O)O. The lowest BCUT2D eigenvalue weighted by atomic mass is 10.0. The van der Waals surface area contributed by atoms with Crippen LogP contribution < -0.4 is 4.72 Å². The second-order valence-corrected chi connectivity index (χ2v) is 7.29. The van der Waals surface area contributed by atoms with Gasteiger partial charge in [-0.3, -0.25) is 4.79 Å². The molecule has 0 saturated heterocycles. The lowest BCUT2D eigenvalue weighted by Gasteiger charge is -2.19. The van der Waals surface area contributed by atoms with E-state index in [4.69, 9.17) is 5.11 Å². The number of hydrogen-bond acceptors (Lipinski definition) is 4. The van der Waals surface area contributed by atoms with Crippen LogP contribution in [-0.4, -0.2) is 35.1 Å². The van der Waals surface area contributed by atoms with Crippen LogP contribution in [0, 0.1) is 11.8 Å². The molecule has 0 unspecified atom stereocenters. The van der Waals surface area contributed by atoms with Crippen LogP contribution >= 0.6 is 0 Å². The van der Waals surface area contributed by atoms with Gasteiger partial charge in [-0.15, -0.1) is 0 Å². The molecule has 21 heavy (non-hydrogen) atoms. The first-order valence-corrected chi connectivity index (χ1v) is 8.42. The van der Waals surface area contributed by atoms with Gasteiger partial charge in [-0.05, 0) is 11.8 Å². The van der Waals surface area contributed by atoms with Gasteiger partial charge in [0.25, 0.3) is 10.0 Å². The highest BCUT2D eigenvalue weighted by Crippen LogP contribution is 2.13. The van der Waals surface area contributed by atoms with E-state index in [0.717, 1.165) is 0 Å². The minimum Gasteiger partial charge on any atom is -0.480 e. The number of sulfonamides is 1. The summed E-state index contributed by atoms with van der Waals surface area (Å²) >= 11 is 0. The molecular weight excluding hydrogens is 294 g/mol. The Kier molecular flexibility index (Phi) is 5.91. The summed E-state index contributed by atoms with van der Waals surface area (Å²) in [5, 5.41) is 9.00. The van der Waals surface area contributed by atoms with E-state index < -0.39 is 22.0 Å². The zero-order valence-corrected chi connectivity index (χ0v) is 13.6. The van der Waals surface area contributed by atoms with E-state index >= 15 is 0 Å². The molecule has 0 aromatic carbocycles. The summed E-state index contributed by atoms with van der Waals surface area (Å²) in [6.45, 7) is 8.17. The number of nitrogens with one attached hydrogen (secondary N) is 1. The van der Waals surface area contributed by atoms with Crippen molar-refractivity contribution in [2.45, 2.75) is 51.7 Å². The molecule has 120 valence electrons. The van der Waals surface area contributed by atoms with E-state index in [2.05, 4.69) is 9.71 Å². The average molecular weight is 317 g/mol. The van der Waals surface area contributed by atoms with Gasteiger partial charge in [0.2, 0.25) is 0 Å². The highest BCUT2D eigenvalue weighted by Gasteiger charge is 2.30. The van der Waals surface area contributed by atoms with Crippen LogP contribution in [0.2, 0.25) is 0 Å². The Morgan fingerprint density at radius 2 is 2.05 bits per heavy atom. The third-order valence-corrected chi connectivity index (χ3v) is 4.55. The standard InChI is InChI=1S/C13H23N3O4S/c1-5-10(4)12(13(17)18)15-21(19,20)11-7-16(8-14-11)6-9(2)3/h7-10,12,15H,5-6H2,1-4H3,(H,17,18)/t10-,12-/m0/s1. The van der Waals surface area contributed by atoms with Crippen LogP contribution in [0.1, 0.15) is 34.1 Å². The van der Waals surface area contributed by atoms with Crippen LogP contribution in [0.3, 0.4) is 0 Å². The van der Waals surface area contributed by atoms with Crippen molar-refractivity contribution in [3.8, 4) is 0 Å². The van der Waals surface area contributed by atoms with Crippen molar-refractivity contribution < 1.29 is 18.3 Å². The molecule has 0 saturated carbocycles. The van der Waals surface area contributed by atoms with Gasteiger partial charge in [0.05, 0.1) is 6.33 Å². The highest BCUT2D eigenvalue weighted by atomic mass is 32.2. The van der Waals surface area contributed by atoms with Crippen molar-refractivity contribution in [1.82, 2.24) is 14.3 Å². The summed E-state index contributed by atoms with van der Waals surface area (Å²) in [5.41, 5.74) is 0. The summed E-state index contributed by atoms with van der Waals surface area (Å²) < 4.78 is 28.3. The maximum Gasteiger partial charge on any atom is 0.322 e. The molecule has 0 fully saturated rings. The topological polar surface area (TPSA) is 101 Å². The fourth-order valence-electron chi connectivity index (χ4n) is 1.87. The number of carboxylic acids is 1. The first kappa shape index (κ1) is 17.6. The average Bonchev–Trinajstić information content (AvgIpc) is 2.83. The first-order chi connectivity index (χ1) is 9.67. The van der Waals surface area contributed by atoms with Crippen molar-refractivity contribution in [1.29, 1.82) is 0 Å². The summed E-state index contributed by atoms with van der Waals surface area (Å²) in [6.07, 6.45) is 3.41. The van der Waals surface area contributed by atoms with Gasteiger partial charge >= 0.3 is 5.97 Å². The summed E-state index contributed by atoms with van der Waals surface area (Å²) in [4.78, 5) is 15.1. The maximum absolute atomic E-state index is 12.2. The second kappa shape index (κ2) is 7.04. The molecule has 1 heterocycles. The molecule has 0 bridgehead atoms. The lowest BCUT2D eigenvalue weighted by molar-refractivity contribution is -0.140. The van der Waals surface area contributed by atoms with Crippen molar-refractivity contribution in [2.24, 2.45) is 11.8 Å². The molecule has 1 aromatic rings. The molecule has 7 nitrogen and oxygen atoms in total. The maximum atomic E-state index is 12.2. The van der Waals surface area contributed by atoms with Gasteiger partial charge in [0.15, 0.2) is 5.03 Å². The van der Waals surface area contributed by atoms with Crippen molar-refractivity contribution in [3.05, 3.63) is 12.5 Å². The van der Waals surface area contributed by atoms with Crippen molar-refractivity contribution >= 4 is 16.0 Å². The molecule has 0 aliphatic carbocycles. The van der Waals surface area contributed by atoms with Crippen LogP contribution in [0.15, 0.2) is 17.6 Å². The van der Waals surface area contributed by atoms with Crippen LogP contribution in [0.25, 0.3) is 0 Å². The second-order valence-electron chi connectivity index (χ2n) is 5.63.